The highest BCUT2D eigenvalue weighted by atomic mass is 19.4. The van der Waals surface area contributed by atoms with E-state index in [1.165, 1.54) is 5.56 Å². The number of nitrogens with zero attached hydrogens (tertiary/aromatic N) is 1. The van der Waals surface area contributed by atoms with Gasteiger partial charge in [0.2, 0.25) is 0 Å². The molecule has 5 rings (SSSR count). The van der Waals surface area contributed by atoms with Gasteiger partial charge < -0.3 is 29.7 Å². The largest absolute Gasteiger partial charge is 0.493 e. The average Bonchev–Trinajstić information content (AvgIpc) is 3.24. The Morgan fingerprint density at radius 2 is 1.47 bits per heavy atom. The number of carbonyl (C=O) groups excluding carboxylic acids is 1. The minimum absolute atomic E-state index is 0.0438. The molecule has 9 nitrogen and oxygen atoms in total. The van der Waals surface area contributed by atoms with Crippen molar-refractivity contribution in [2.75, 3.05) is 20.7 Å². The van der Waals surface area contributed by atoms with Crippen LogP contribution < -0.4 is 9.47 Å². The first-order valence-electron chi connectivity index (χ1n) is 12.1. The van der Waals surface area contributed by atoms with Crippen LogP contribution in [0.4, 0.5) is 43.9 Å². The molecule has 1 spiro atoms. The Hall–Kier alpha value is -3.35. The van der Waals surface area contributed by atoms with Crippen molar-refractivity contribution in [3.05, 3.63) is 23.3 Å². The van der Waals surface area contributed by atoms with Gasteiger partial charge in [-0.05, 0) is 44.5 Å². The number of hydrogen-bond donors (Lipinski definition) is 3. The lowest BCUT2D eigenvalue weighted by Crippen LogP contribution is -2.76. The molecule has 2 aliphatic heterocycles. The van der Waals surface area contributed by atoms with Crippen LogP contribution in [0.3, 0.4) is 0 Å². The van der Waals surface area contributed by atoms with Gasteiger partial charge in [0, 0.05) is 18.0 Å². The quantitative estimate of drug-likeness (QED) is 0.423. The Labute approximate surface area is 234 Å². The molecule has 4 atom stereocenters. The fourth-order valence-corrected chi connectivity index (χ4v) is 5.93. The van der Waals surface area contributed by atoms with Gasteiger partial charge in [0.15, 0.2) is 23.4 Å². The van der Waals surface area contributed by atoms with Gasteiger partial charge in [-0.1, -0.05) is 6.07 Å². The molecule has 43 heavy (non-hydrogen) atoms. The molecule has 0 aromatic heterocycles. The number of hydrogen-bond acceptors (Lipinski definition) is 7. The first-order chi connectivity index (χ1) is 19.4. The van der Waals surface area contributed by atoms with E-state index in [1.54, 1.807) is 7.11 Å². The van der Waals surface area contributed by atoms with Crippen LogP contribution in [0.1, 0.15) is 30.4 Å². The van der Waals surface area contributed by atoms with Crippen LogP contribution in [0.25, 0.3) is 0 Å². The number of halogens is 10. The standard InChI is InChI=1S/C18H21NO4.2C3HF5O2/c1-19-8-7-17-14-10-3-4-12(22-2)15(14)23-16(17)11(20)5-6-18(17,21)13(19)9-10;2*4-2(5,1(9)10)3(6,7)8/h3-4,13,16,21H,5-9H2,1-2H3;2*(H,9,10)/t13-,16+,17+,18-;;/m1../s1. The molecule has 4 aliphatic rings. The highest BCUT2D eigenvalue weighted by Gasteiger charge is 2.73. The Kier molecular flexibility index (Phi) is 8.47. The van der Waals surface area contributed by atoms with E-state index in [2.05, 4.69) is 18.0 Å². The second kappa shape index (κ2) is 10.7. The number of likely N-dealkylation sites (N-methyl/N-ethyl adjacent to an activating group) is 1. The number of benzene rings is 1. The monoisotopic (exact) mass is 643 g/mol. The zero-order valence-corrected chi connectivity index (χ0v) is 22.0. The van der Waals surface area contributed by atoms with Crippen LogP contribution in [0.2, 0.25) is 0 Å². The molecule has 3 N–H and O–H groups in total. The minimum Gasteiger partial charge on any atom is -0.493 e. The number of carboxylic acid groups (broad SMARTS) is 2. The predicted octanol–water partition coefficient (Wildman–Crippen LogP) is 3.59. The van der Waals surface area contributed by atoms with Gasteiger partial charge in [0.1, 0.15) is 0 Å². The van der Waals surface area contributed by atoms with Gasteiger partial charge >= 0.3 is 36.1 Å². The summed E-state index contributed by atoms with van der Waals surface area (Å²) < 4.78 is 123. The van der Waals surface area contributed by atoms with Crippen molar-refractivity contribution in [3.63, 3.8) is 0 Å². The van der Waals surface area contributed by atoms with Crippen LogP contribution in [-0.2, 0) is 26.2 Å². The maximum atomic E-state index is 12.7. The second-order valence-electron chi connectivity index (χ2n) is 10.2. The van der Waals surface area contributed by atoms with Gasteiger partial charge in [0.25, 0.3) is 0 Å². The van der Waals surface area contributed by atoms with E-state index >= 15 is 0 Å². The number of methoxy groups -OCH3 is 1. The Morgan fingerprint density at radius 1 is 0.953 bits per heavy atom. The molecule has 0 unspecified atom stereocenters. The Bertz CT molecular complexity index is 1260. The SMILES string of the molecule is COc1ccc2c3c1O[C@H]1C(=O)CC[C@@]4(O)[C@@H](C2)N(C)CC[C@]314.O=C(O)C(F)(F)C(F)(F)F.O=C(O)C(F)(F)C(F)(F)F. The second-order valence-corrected chi connectivity index (χ2v) is 10.2. The molecule has 1 saturated carbocycles. The normalized spacial score (nSPS) is 27.9. The molecule has 1 aromatic rings. The molecule has 0 amide bonds. The number of likely N-dealkylation sites (tertiary alicyclic amines) is 1. The number of rotatable bonds is 3. The highest BCUT2D eigenvalue weighted by Crippen LogP contribution is 2.64. The third-order valence-electron chi connectivity index (χ3n) is 7.98. The zero-order valence-electron chi connectivity index (χ0n) is 22.0. The summed E-state index contributed by atoms with van der Waals surface area (Å²) in [4.78, 5) is 33.3. The van der Waals surface area contributed by atoms with Crippen LogP contribution in [0, 0.1) is 0 Å². The fraction of sp³-hybridized carbons (Fsp3) is 0.625. The number of Topliss-reactive ketones (excluding diaryl/α,β-unsaturated/α-hetero) is 1. The van der Waals surface area contributed by atoms with E-state index in [0.29, 0.717) is 24.3 Å². The third kappa shape index (κ3) is 5.12. The van der Waals surface area contributed by atoms with Crippen molar-refractivity contribution >= 4 is 17.7 Å². The average molecular weight is 643 g/mol. The lowest BCUT2D eigenvalue weighted by atomic mass is 9.49. The van der Waals surface area contributed by atoms with Crippen molar-refractivity contribution in [1.82, 2.24) is 4.90 Å². The molecule has 2 aliphatic carbocycles. The maximum absolute atomic E-state index is 12.7. The van der Waals surface area contributed by atoms with Gasteiger partial charge in [-0.3, -0.25) is 4.79 Å². The van der Waals surface area contributed by atoms with Crippen molar-refractivity contribution < 1.29 is 83.1 Å². The van der Waals surface area contributed by atoms with E-state index in [-0.39, 0.29) is 11.8 Å². The van der Waals surface area contributed by atoms with E-state index in [0.717, 1.165) is 24.9 Å². The molecule has 1 saturated heterocycles. The van der Waals surface area contributed by atoms with Crippen LogP contribution in [-0.4, -0.2) is 101 Å². The molecule has 242 valence electrons. The highest BCUT2D eigenvalue weighted by molar-refractivity contribution is 5.90. The summed E-state index contributed by atoms with van der Waals surface area (Å²) >= 11 is 0. The van der Waals surface area contributed by atoms with E-state index in [9.17, 15) is 63.4 Å². The lowest BCUT2D eigenvalue weighted by Gasteiger charge is -2.62. The van der Waals surface area contributed by atoms with E-state index in [4.69, 9.17) is 19.7 Å². The number of aliphatic carboxylic acids is 2. The van der Waals surface area contributed by atoms with Gasteiger partial charge in [0.05, 0.1) is 18.1 Å². The molecule has 0 radical (unpaired) electrons. The van der Waals surface area contributed by atoms with Crippen LogP contribution in [0.15, 0.2) is 12.1 Å². The third-order valence-corrected chi connectivity index (χ3v) is 7.98. The summed E-state index contributed by atoms with van der Waals surface area (Å²) in [5.41, 5.74) is 0.737. The van der Waals surface area contributed by atoms with Crippen molar-refractivity contribution in [2.45, 2.75) is 73.0 Å². The number of carboxylic acids is 2. The molecule has 19 heteroatoms. The zero-order chi connectivity index (χ0) is 33.1. The number of ether oxygens (including phenoxy) is 2. The maximum Gasteiger partial charge on any atom is 0.465 e. The molecule has 2 bridgehead atoms. The Balaban J connectivity index is 0.000000213. The number of ketones is 1. The predicted molar refractivity (Wildman–Crippen MR) is 120 cm³/mol. The lowest BCUT2D eigenvalue weighted by molar-refractivity contribution is -0.278. The van der Waals surface area contributed by atoms with Crippen LogP contribution in [0.5, 0.6) is 11.5 Å². The van der Waals surface area contributed by atoms with Crippen molar-refractivity contribution in [2.24, 2.45) is 0 Å². The smallest absolute Gasteiger partial charge is 0.465 e. The topological polar surface area (TPSA) is 134 Å². The summed E-state index contributed by atoms with van der Waals surface area (Å²) in [6, 6.07) is 4.05. The fourth-order valence-electron chi connectivity index (χ4n) is 5.93. The number of alkyl halides is 10. The van der Waals surface area contributed by atoms with E-state index in [1.807, 2.05) is 6.07 Å². The van der Waals surface area contributed by atoms with E-state index < -0.39 is 53.3 Å². The summed E-state index contributed by atoms with van der Waals surface area (Å²) in [6.07, 6.45) is -10.1. The van der Waals surface area contributed by atoms with Gasteiger partial charge in [-0.2, -0.15) is 43.9 Å². The number of piperidine rings is 1. The first kappa shape index (κ1) is 34.1. The Morgan fingerprint density at radius 3 is 1.88 bits per heavy atom. The summed E-state index contributed by atoms with van der Waals surface area (Å²) in [5, 5.41) is 26.4. The van der Waals surface area contributed by atoms with Crippen LogP contribution >= 0.6 is 0 Å². The summed E-state index contributed by atoms with van der Waals surface area (Å²) in [5.74, 6) is -16.2. The molecule has 2 fully saturated rings. The summed E-state index contributed by atoms with van der Waals surface area (Å²) in [6.45, 7) is 0.871. The minimum atomic E-state index is -6.02. The first-order valence-corrected chi connectivity index (χ1v) is 12.1. The van der Waals surface area contributed by atoms with Crippen molar-refractivity contribution in [3.8, 4) is 11.5 Å². The molecular weight excluding hydrogens is 620 g/mol. The number of carbonyl (C=O) groups is 3. The van der Waals surface area contributed by atoms with Gasteiger partial charge in [-0.15, -0.1) is 0 Å². The number of aliphatic hydroxyl groups is 1. The van der Waals surface area contributed by atoms with Crippen molar-refractivity contribution in [1.29, 1.82) is 0 Å². The molecule has 2 heterocycles. The summed E-state index contributed by atoms with van der Waals surface area (Å²) in [7, 11) is 3.70. The van der Waals surface area contributed by atoms with Gasteiger partial charge in [-0.25, -0.2) is 9.59 Å². The molecule has 1 aromatic carbocycles. The molecular formula is C24H23F10NO8.